The van der Waals surface area contributed by atoms with Crippen molar-refractivity contribution >= 4 is 0 Å². The van der Waals surface area contributed by atoms with E-state index in [1.807, 2.05) is 6.92 Å². The average molecular weight is 133 g/mol. The second-order valence-electron chi connectivity index (χ2n) is 1.79. The van der Waals surface area contributed by atoms with Crippen molar-refractivity contribution in [3.63, 3.8) is 0 Å². The largest absolute Gasteiger partial charge is 0.330 e. The molecule has 0 bridgehead atoms. The third-order valence-corrected chi connectivity index (χ3v) is 0.803. The topological polar surface area (TPSA) is 44.5 Å². The molecule has 0 aromatic carbocycles. The minimum atomic E-state index is 0.608. The van der Waals surface area contributed by atoms with Gasteiger partial charge in [0.1, 0.15) is 0 Å². The SMILES string of the molecule is CCCOOCCCN. The van der Waals surface area contributed by atoms with Crippen LogP contribution in [-0.2, 0) is 9.78 Å². The van der Waals surface area contributed by atoms with Crippen LogP contribution in [-0.4, -0.2) is 19.8 Å². The van der Waals surface area contributed by atoms with Crippen LogP contribution < -0.4 is 5.73 Å². The highest BCUT2D eigenvalue weighted by Gasteiger charge is 1.84. The molecule has 0 saturated carbocycles. The molecule has 0 aromatic rings. The first-order valence-electron chi connectivity index (χ1n) is 3.36. The molecule has 0 unspecified atom stereocenters. The Morgan fingerprint density at radius 3 is 2.44 bits per heavy atom. The molecule has 2 N–H and O–H groups in total. The molecule has 0 fully saturated rings. The molecule has 0 aliphatic heterocycles. The van der Waals surface area contributed by atoms with Crippen molar-refractivity contribution in [3.05, 3.63) is 0 Å². The third kappa shape index (κ3) is 7.88. The molecule has 0 aromatic heterocycles. The summed E-state index contributed by atoms with van der Waals surface area (Å²) in [5, 5.41) is 0. The van der Waals surface area contributed by atoms with Gasteiger partial charge in [-0.05, 0) is 19.4 Å². The van der Waals surface area contributed by atoms with Gasteiger partial charge < -0.3 is 5.73 Å². The van der Waals surface area contributed by atoms with Gasteiger partial charge in [-0.2, -0.15) is 0 Å². The molecule has 0 aliphatic carbocycles. The van der Waals surface area contributed by atoms with E-state index in [0.29, 0.717) is 19.8 Å². The van der Waals surface area contributed by atoms with E-state index in [9.17, 15) is 0 Å². The number of nitrogens with two attached hydrogens (primary N) is 1. The Balaban J connectivity index is 2.60. The molecule has 9 heavy (non-hydrogen) atoms. The van der Waals surface area contributed by atoms with Gasteiger partial charge in [-0.15, -0.1) is 0 Å². The van der Waals surface area contributed by atoms with Crippen LogP contribution >= 0.6 is 0 Å². The van der Waals surface area contributed by atoms with Gasteiger partial charge >= 0.3 is 0 Å². The van der Waals surface area contributed by atoms with Crippen LogP contribution in [0.3, 0.4) is 0 Å². The Morgan fingerprint density at radius 1 is 1.22 bits per heavy atom. The summed E-state index contributed by atoms with van der Waals surface area (Å²) >= 11 is 0. The van der Waals surface area contributed by atoms with Crippen molar-refractivity contribution in [3.8, 4) is 0 Å². The molecule has 0 radical (unpaired) electrons. The molecule has 56 valence electrons. The maximum Gasteiger partial charge on any atom is 0.0834 e. The summed E-state index contributed by atoms with van der Waals surface area (Å²) < 4.78 is 0. The first-order valence-corrected chi connectivity index (χ1v) is 3.36. The van der Waals surface area contributed by atoms with Crippen molar-refractivity contribution in [2.45, 2.75) is 19.8 Å². The van der Waals surface area contributed by atoms with Gasteiger partial charge in [0.2, 0.25) is 0 Å². The van der Waals surface area contributed by atoms with Crippen molar-refractivity contribution in [2.75, 3.05) is 19.8 Å². The summed E-state index contributed by atoms with van der Waals surface area (Å²) in [5.74, 6) is 0. The van der Waals surface area contributed by atoms with Crippen molar-refractivity contribution in [1.29, 1.82) is 0 Å². The summed E-state index contributed by atoms with van der Waals surface area (Å²) in [6, 6.07) is 0. The normalized spacial score (nSPS) is 10.0. The lowest BCUT2D eigenvalue weighted by Gasteiger charge is -1.99. The number of hydrogen-bond acceptors (Lipinski definition) is 3. The summed E-state index contributed by atoms with van der Waals surface area (Å²) in [5.41, 5.74) is 5.21. The molecule has 0 rings (SSSR count). The Bertz CT molecular complexity index is 44.3. The van der Waals surface area contributed by atoms with E-state index < -0.39 is 0 Å². The molecular weight excluding hydrogens is 118 g/mol. The average Bonchev–Trinajstić information content (AvgIpc) is 1.89. The highest BCUT2D eigenvalue weighted by Crippen LogP contribution is 1.83. The molecule has 0 aliphatic rings. The van der Waals surface area contributed by atoms with Crippen molar-refractivity contribution in [2.24, 2.45) is 5.73 Å². The lowest BCUT2D eigenvalue weighted by atomic mass is 10.5. The van der Waals surface area contributed by atoms with Crippen LogP contribution in [0.5, 0.6) is 0 Å². The predicted molar refractivity (Wildman–Crippen MR) is 35.9 cm³/mol. The van der Waals surface area contributed by atoms with E-state index in [0.717, 1.165) is 12.8 Å². The van der Waals surface area contributed by atoms with Crippen LogP contribution in [0.25, 0.3) is 0 Å². The van der Waals surface area contributed by atoms with E-state index in [2.05, 4.69) is 0 Å². The molecular formula is C6H15NO2. The molecule has 0 saturated heterocycles. The maximum absolute atomic E-state index is 5.21. The van der Waals surface area contributed by atoms with Gasteiger partial charge in [-0.25, -0.2) is 9.78 Å². The van der Waals surface area contributed by atoms with Crippen LogP contribution in [0.1, 0.15) is 19.8 Å². The molecule has 0 spiro atoms. The maximum atomic E-state index is 5.21. The van der Waals surface area contributed by atoms with Gasteiger partial charge in [0.15, 0.2) is 0 Å². The van der Waals surface area contributed by atoms with Gasteiger partial charge in [0.25, 0.3) is 0 Å². The molecule has 3 nitrogen and oxygen atoms in total. The predicted octanol–water partition coefficient (Wildman–Crippen LogP) is 0.693. The lowest BCUT2D eigenvalue weighted by Crippen LogP contribution is -2.05. The van der Waals surface area contributed by atoms with Crippen molar-refractivity contribution in [1.82, 2.24) is 0 Å². The zero-order chi connectivity index (χ0) is 6.95. The second kappa shape index (κ2) is 7.88. The smallest absolute Gasteiger partial charge is 0.0834 e. The van der Waals surface area contributed by atoms with E-state index in [1.54, 1.807) is 0 Å². The molecule has 3 heteroatoms. The summed E-state index contributed by atoms with van der Waals surface area (Å²) in [7, 11) is 0. The zero-order valence-corrected chi connectivity index (χ0v) is 5.93. The fourth-order valence-corrected chi connectivity index (χ4v) is 0.343. The van der Waals surface area contributed by atoms with E-state index in [4.69, 9.17) is 15.5 Å². The van der Waals surface area contributed by atoms with Crippen LogP contribution in [0, 0.1) is 0 Å². The van der Waals surface area contributed by atoms with Crippen LogP contribution in [0.2, 0.25) is 0 Å². The molecule has 0 heterocycles. The first-order chi connectivity index (χ1) is 4.41. The molecule has 0 atom stereocenters. The fraction of sp³-hybridized carbons (Fsp3) is 1.00. The summed E-state index contributed by atoms with van der Waals surface area (Å²) in [4.78, 5) is 9.46. The Morgan fingerprint density at radius 2 is 1.89 bits per heavy atom. The van der Waals surface area contributed by atoms with Crippen LogP contribution in [0.4, 0.5) is 0 Å². The van der Waals surface area contributed by atoms with Gasteiger partial charge in [-0.3, -0.25) is 0 Å². The van der Waals surface area contributed by atoms with Gasteiger partial charge in [-0.1, -0.05) is 6.92 Å². The first kappa shape index (κ1) is 8.88. The van der Waals surface area contributed by atoms with Gasteiger partial charge in [0.05, 0.1) is 13.2 Å². The Kier molecular flexibility index (Phi) is 7.77. The van der Waals surface area contributed by atoms with E-state index >= 15 is 0 Å². The third-order valence-electron chi connectivity index (χ3n) is 0.803. The van der Waals surface area contributed by atoms with E-state index in [1.165, 1.54) is 0 Å². The number of rotatable bonds is 6. The van der Waals surface area contributed by atoms with Crippen LogP contribution in [0.15, 0.2) is 0 Å². The fourth-order valence-electron chi connectivity index (χ4n) is 0.343. The highest BCUT2D eigenvalue weighted by atomic mass is 17.2. The highest BCUT2D eigenvalue weighted by molar-refractivity contribution is 4.30. The molecule has 0 amide bonds. The second-order valence-corrected chi connectivity index (χ2v) is 1.79. The van der Waals surface area contributed by atoms with Gasteiger partial charge in [0, 0.05) is 0 Å². The minimum Gasteiger partial charge on any atom is -0.330 e. The summed E-state index contributed by atoms with van der Waals surface area (Å²) in [6.45, 7) is 3.98. The standard InChI is InChI=1S/C6H15NO2/c1-2-5-8-9-6-3-4-7/h2-7H2,1H3. The van der Waals surface area contributed by atoms with E-state index in [-0.39, 0.29) is 0 Å². The van der Waals surface area contributed by atoms with Crippen molar-refractivity contribution < 1.29 is 9.78 Å². The quantitative estimate of drug-likeness (QED) is 0.329. The Hall–Kier alpha value is -0.120. The monoisotopic (exact) mass is 133 g/mol. The number of hydrogen-bond donors (Lipinski definition) is 1. The summed E-state index contributed by atoms with van der Waals surface area (Å²) in [6.07, 6.45) is 1.85. The minimum absolute atomic E-state index is 0.608. The Labute approximate surface area is 56.1 Å². The zero-order valence-electron chi connectivity index (χ0n) is 5.93. The lowest BCUT2D eigenvalue weighted by molar-refractivity contribution is -0.294.